The van der Waals surface area contributed by atoms with Gasteiger partial charge in [0, 0.05) is 71.5 Å². The summed E-state index contributed by atoms with van der Waals surface area (Å²) in [7, 11) is 0. The summed E-state index contributed by atoms with van der Waals surface area (Å²) in [5, 5.41) is 6.69. The highest BCUT2D eigenvalue weighted by atomic mass is 15.2. The molecule has 0 aliphatic rings. The third-order valence-electron chi connectivity index (χ3n) is 14.4. The number of rotatable bonds is 8. The van der Waals surface area contributed by atoms with Crippen molar-refractivity contribution in [3.05, 3.63) is 249 Å². The third-order valence-corrected chi connectivity index (χ3v) is 14.4. The molecule has 0 unspecified atom stereocenters. The quantitative estimate of drug-likeness (QED) is 0.151. The van der Waals surface area contributed by atoms with Crippen LogP contribution in [-0.4, -0.2) is 43.6 Å². The molecule has 0 saturated heterocycles. The molecule has 0 saturated carbocycles. The van der Waals surface area contributed by atoms with Crippen LogP contribution in [0.3, 0.4) is 0 Å². The zero-order chi connectivity index (χ0) is 49.4. The first kappa shape index (κ1) is 42.3. The van der Waals surface area contributed by atoms with Gasteiger partial charge in [0.15, 0.2) is 29.1 Å². The van der Waals surface area contributed by atoms with Crippen LogP contribution in [0.15, 0.2) is 249 Å². The van der Waals surface area contributed by atoms with Crippen LogP contribution in [0.5, 0.6) is 0 Å². The summed E-state index contributed by atoms with van der Waals surface area (Å²) in [6.07, 6.45) is 0. The summed E-state index contributed by atoms with van der Waals surface area (Å²) in [5.74, 6) is 3.50. The van der Waals surface area contributed by atoms with E-state index >= 15 is 0 Å². The maximum atomic E-state index is 5.59. The van der Waals surface area contributed by atoms with Crippen molar-refractivity contribution in [1.29, 1.82) is 0 Å². The molecule has 0 aliphatic carbocycles. The molecular formula is C66H41N9. The maximum absolute atomic E-state index is 5.59. The lowest BCUT2D eigenvalue weighted by Crippen LogP contribution is -2.08. The molecule has 75 heavy (non-hydrogen) atoms. The number of benzene rings is 10. The summed E-state index contributed by atoms with van der Waals surface area (Å²) < 4.78 is 6.97. The van der Waals surface area contributed by atoms with Gasteiger partial charge >= 0.3 is 0 Å². The summed E-state index contributed by atoms with van der Waals surface area (Å²) >= 11 is 0. The molecule has 350 valence electrons. The lowest BCUT2D eigenvalue weighted by atomic mass is 10.1. The van der Waals surface area contributed by atoms with Crippen molar-refractivity contribution >= 4 is 65.4 Å². The molecule has 5 aromatic heterocycles. The standard InChI is InChI=1S/C66H41N9/c1-5-20-42(21-6-1)61-67-62(43-22-7-2-8-23-43)69-63(68-61)45-36-38-47(39-37-45)74-56-34-17-14-29-49(56)52-40-41-53-50-30-15-18-35-57(50)75(60(53)59(52)74)66-71-64(44-24-9-3-10-25-44)70-65(72-66)54-32-19-31-51-48-28-13-16-33-55(48)73(58(51)54)46-26-11-4-12-27-46/h1-41H. The molecule has 0 fully saturated rings. The average Bonchev–Trinajstić information content (AvgIpc) is 4.24. The van der Waals surface area contributed by atoms with Crippen molar-refractivity contribution in [2.75, 3.05) is 0 Å². The van der Waals surface area contributed by atoms with Gasteiger partial charge in [0.2, 0.25) is 5.95 Å². The first-order valence-electron chi connectivity index (χ1n) is 25.0. The van der Waals surface area contributed by atoms with Crippen molar-refractivity contribution in [2.24, 2.45) is 0 Å². The Morgan fingerprint density at radius 1 is 0.213 bits per heavy atom. The average molecular weight is 960 g/mol. The lowest BCUT2D eigenvalue weighted by molar-refractivity contribution is 0.953. The van der Waals surface area contributed by atoms with E-state index in [1.165, 1.54) is 0 Å². The second-order valence-corrected chi connectivity index (χ2v) is 18.7. The summed E-state index contributed by atoms with van der Waals surface area (Å²) in [6, 6.07) is 86.3. The monoisotopic (exact) mass is 959 g/mol. The third kappa shape index (κ3) is 6.86. The first-order valence-corrected chi connectivity index (χ1v) is 25.0. The van der Waals surface area contributed by atoms with Gasteiger partial charge in [-0.05, 0) is 60.7 Å². The molecule has 0 N–H and O–H groups in total. The van der Waals surface area contributed by atoms with Crippen LogP contribution in [0.25, 0.3) is 140 Å². The Morgan fingerprint density at radius 3 is 1.08 bits per heavy atom. The normalized spacial score (nSPS) is 11.7. The number of aromatic nitrogens is 9. The van der Waals surface area contributed by atoms with Crippen LogP contribution >= 0.6 is 0 Å². The minimum atomic E-state index is 0.516. The second kappa shape index (κ2) is 17.1. The van der Waals surface area contributed by atoms with Gasteiger partial charge in [-0.1, -0.05) is 188 Å². The van der Waals surface area contributed by atoms with Gasteiger partial charge in [0.25, 0.3) is 0 Å². The SMILES string of the molecule is c1ccc(-c2nc(-c3ccccc3)nc(-c3ccc(-n4c5ccccc5c5ccc6c7ccccc7n(-c7nc(-c8ccccc8)nc(-c8cccc9c%10ccccc%10n(-c%10ccccc%10)c89)n7)c6c54)cc3)n2)cc1. The maximum Gasteiger partial charge on any atom is 0.238 e. The molecule has 15 aromatic rings. The van der Waals surface area contributed by atoms with Crippen molar-refractivity contribution in [3.8, 4) is 74.3 Å². The minimum Gasteiger partial charge on any atom is -0.309 e. The van der Waals surface area contributed by atoms with E-state index in [2.05, 4.69) is 184 Å². The Kier molecular flexibility index (Phi) is 9.67. The molecule has 9 nitrogen and oxygen atoms in total. The zero-order valence-electron chi connectivity index (χ0n) is 40.2. The highest BCUT2D eigenvalue weighted by molar-refractivity contribution is 6.24. The molecule has 0 radical (unpaired) electrons. The van der Waals surface area contributed by atoms with E-state index in [1.807, 2.05) is 78.9 Å². The number of hydrogen-bond donors (Lipinski definition) is 0. The van der Waals surface area contributed by atoms with Crippen molar-refractivity contribution in [2.45, 2.75) is 0 Å². The highest BCUT2D eigenvalue weighted by Crippen LogP contribution is 2.43. The Hall–Kier alpha value is -10.4. The number of para-hydroxylation sites is 5. The van der Waals surface area contributed by atoms with E-state index in [-0.39, 0.29) is 0 Å². The Morgan fingerprint density at radius 2 is 0.560 bits per heavy atom. The molecule has 15 rings (SSSR count). The predicted octanol–water partition coefficient (Wildman–Crippen LogP) is 15.7. The Balaban J connectivity index is 0.983. The van der Waals surface area contributed by atoms with Gasteiger partial charge in [-0.2, -0.15) is 9.97 Å². The van der Waals surface area contributed by atoms with Gasteiger partial charge in [-0.15, -0.1) is 0 Å². The van der Waals surface area contributed by atoms with Crippen LogP contribution in [0.1, 0.15) is 0 Å². The second-order valence-electron chi connectivity index (χ2n) is 18.7. The van der Waals surface area contributed by atoms with E-state index in [4.69, 9.17) is 29.9 Å². The molecular weight excluding hydrogens is 919 g/mol. The molecule has 0 aliphatic heterocycles. The van der Waals surface area contributed by atoms with E-state index < -0.39 is 0 Å². The van der Waals surface area contributed by atoms with Gasteiger partial charge < -0.3 is 9.13 Å². The van der Waals surface area contributed by atoms with Gasteiger partial charge in [0.05, 0.1) is 33.1 Å². The Bertz CT molecular complexity index is 4620. The topological polar surface area (TPSA) is 92.1 Å². The number of fused-ring (bicyclic) bond motifs is 10. The van der Waals surface area contributed by atoms with Gasteiger partial charge in [-0.3, -0.25) is 4.57 Å². The molecule has 5 heterocycles. The number of nitrogens with zero attached hydrogens (tertiary/aromatic N) is 9. The van der Waals surface area contributed by atoms with Crippen molar-refractivity contribution < 1.29 is 0 Å². The summed E-state index contributed by atoms with van der Waals surface area (Å²) in [4.78, 5) is 31.5. The first-order chi connectivity index (χ1) is 37.2. The zero-order valence-corrected chi connectivity index (χ0v) is 40.2. The fraction of sp³-hybridized carbons (Fsp3) is 0. The lowest BCUT2D eigenvalue weighted by Gasteiger charge is -2.15. The minimum absolute atomic E-state index is 0.516. The molecule has 9 heteroatoms. The van der Waals surface area contributed by atoms with E-state index in [1.54, 1.807) is 0 Å². The molecule has 0 spiro atoms. The number of hydrogen-bond acceptors (Lipinski definition) is 6. The predicted molar refractivity (Wildman–Crippen MR) is 303 cm³/mol. The van der Waals surface area contributed by atoms with Gasteiger partial charge in [0.1, 0.15) is 0 Å². The molecule has 10 aromatic carbocycles. The van der Waals surface area contributed by atoms with Crippen molar-refractivity contribution in [1.82, 2.24) is 43.6 Å². The fourth-order valence-corrected chi connectivity index (χ4v) is 11.0. The van der Waals surface area contributed by atoms with Crippen LogP contribution in [0, 0.1) is 0 Å². The fourth-order valence-electron chi connectivity index (χ4n) is 11.0. The van der Waals surface area contributed by atoms with E-state index in [0.717, 1.165) is 105 Å². The summed E-state index contributed by atoms with van der Waals surface area (Å²) in [5.41, 5.74) is 12.8. The smallest absolute Gasteiger partial charge is 0.238 e. The Labute approximate surface area is 430 Å². The van der Waals surface area contributed by atoms with Crippen LogP contribution in [0.2, 0.25) is 0 Å². The van der Waals surface area contributed by atoms with Crippen LogP contribution in [0.4, 0.5) is 0 Å². The van der Waals surface area contributed by atoms with E-state index in [0.29, 0.717) is 35.1 Å². The summed E-state index contributed by atoms with van der Waals surface area (Å²) in [6.45, 7) is 0. The van der Waals surface area contributed by atoms with Crippen LogP contribution in [-0.2, 0) is 0 Å². The van der Waals surface area contributed by atoms with Gasteiger partial charge in [-0.25, -0.2) is 19.9 Å². The highest BCUT2D eigenvalue weighted by Gasteiger charge is 2.25. The molecule has 0 bridgehead atoms. The molecule has 0 amide bonds. The van der Waals surface area contributed by atoms with E-state index in [9.17, 15) is 0 Å². The largest absolute Gasteiger partial charge is 0.309 e. The molecule has 0 atom stereocenters. The van der Waals surface area contributed by atoms with Crippen LogP contribution < -0.4 is 0 Å². The van der Waals surface area contributed by atoms with Crippen molar-refractivity contribution in [3.63, 3.8) is 0 Å².